The van der Waals surface area contributed by atoms with Gasteiger partial charge in [-0.2, -0.15) is 0 Å². The molecule has 0 spiro atoms. The number of sulfonamides is 1. The second kappa shape index (κ2) is 5.91. The lowest BCUT2D eigenvalue weighted by molar-refractivity contribution is -0.115. The minimum Gasteiger partial charge on any atom is -0.360 e. The molecular weight excluding hydrogens is 332 g/mol. The fourth-order valence-electron chi connectivity index (χ4n) is 2.85. The van der Waals surface area contributed by atoms with Crippen molar-refractivity contribution in [3.63, 3.8) is 0 Å². The van der Waals surface area contributed by atoms with Crippen molar-refractivity contribution in [2.45, 2.75) is 31.2 Å². The third-order valence-corrected chi connectivity index (χ3v) is 4.86. The van der Waals surface area contributed by atoms with E-state index in [-0.39, 0.29) is 23.4 Å². The lowest BCUT2D eigenvalue weighted by Crippen LogP contribution is -2.37. The summed E-state index contributed by atoms with van der Waals surface area (Å²) in [5.41, 5.74) is 1.69. The van der Waals surface area contributed by atoms with Gasteiger partial charge in [-0.05, 0) is 44.0 Å². The van der Waals surface area contributed by atoms with E-state index in [1.807, 2.05) is 11.8 Å². The topological polar surface area (TPSA) is 119 Å². The Morgan fingerprint density at radius 1 is 1.46 bits per heavy atom. The van der Waals surface area contributed by atoms with E-state index in [9.17, 15) is 13.2 Å². The van der Waals surface area contributed by atoms with Crippen LogP contribution in [-0.4, -0.2) is 32.1 Å². The van der Waals surface area contributed by atoms with Crippen molar-refractivity contribution in [2.24, 2.45) is 5.14 Å². The summed E-state index contributed by atoms with van der Waals surface area (Å²) >= 11 is 0. The summed E-state index contributed by atoms with van der Waals surface area (Å²) in [6, 6.07) is 6.42. The van der Waals surface area contributed by atoms with Crippen LogP contribution in [0.5, 0.6) is 0 Å². The van der Waals surface area contributed by atoms with Gasteiger partial charge in [0.25, 0.3) is 0 Å². The maximum Gasteiger partial charge on any atom is 0.245 e. The molecule has 0 fully saturated rings. The first kappa shape index (κ1) is 16.5. The number of aryl methyl sites for hydroxylation is 1. The average Bonchev–Trinajstić information content (AvgIpc) is 3.01. The molecule has 1 atom stereocenters. The normalized spacial score (nSPS) is 17.0. The van der Waals surface area contributed by atoms with Crippen LogP contribution in [0.3, 0.4) is 0 Å². The minimum atomic E-state index is -3.74. The van der Waals surface area contributed by atoms with Gasteiger partial charge in [0.1, 0.15) is 5.76 Å². The van der Waals surface area contributed by atoms with E-state index in [4.69, 9.17) is 9.66 Å². The summed E-state index contributed by atoms with van der Waals surface area (Å²) in [4.78, 5) is 14.2. The maximum atomic E-state index is 12.2. The fourth-order valence-corrected chi connectivity index (χ4v) is 3.42. The number of aromatic nitrogens is 1. The Labute approximate surface area is 139 Å². The highest BCUT2D eigenvalue weighted by Gasteiger charge is 2.28. The standard InChI is InChI=1S/C15H18N4O4S/c1-9-5-11-7-12(24(16,21)22)3-4-13(11)19(9)8-15(20)17-14-6-10(2)23-18-14/h3-4,6-7,9H,5,8H2,1-2H3,(H2,16,21,22)(H,17,18,20). The van der Waals surface area contributed by atoms with Gasteiger partial charge in [-0.25, -0.2) is 13.6 Å². The van der Waals surface area contributed by atoms with Crippen molar-refractivity contribution in [1.29, 1.82) is 0 Å². The molecule has 128 valence electrons. The summed E-state index contributed by atoms with van der Waals surface area (Å²) in [5, 5.41) is 11.6. The number of primary sulfonamides is 1. The molecule has 1 amide bonds. The van der Waals surface area contributed by atoms with Crippen molar-refractivity contribution in [1.82, 2.24) is 5.16 Å². The van der Waals surface area contributed by atoms with Crippen LogP contribution >= 0.6 is 0 Å². The number of amides is 1. The minimum absolute atomic E-state index is 0.0699. The molecule has 2 heterocycles. The van der Waals surface area contributed by atoms with Crippen LogP contribution in [0.2, 0.25) is 0 Å². The Morgan fingerprint density at radius 3 is 2.83 bits per heavy atom. The molecule has 0 saturated heterocycles. The smallest absolute Gasteiger partial charge is 0.245 e. The van der Waals surface area contributed by atoms with E-state index in [1.165, 1.54) is 6.07 Å². The molecule has 1 aliphatic rings. The van der Waals surface area contributed by atoms with E-state index in [2.05, 4.69) is 10.5 Å². The van der Waals surface area contributed by atoms with Crippen LogP contribution in [0.15, 0.2) is 33.7 Å². The molecule has 1 aromatic carbocycles. The number of nitrogens with one attached hydrogen (secondary N) is 1. The second-order valence-electron chi connectivity index (χ2n) is 5.89. The molecule has 1 unspecified atom stereocenters. The van der Waals surface area contributed by atoms with Crippen LogP contribution in [-0.2, 0) is 21.2 Å². The van der Waals surface area contributed by atoms with E-state index in [0.717, 1.165) is 11.3 Å². The summed E-state index contributed by atoms with van der Waals surface area (Å²) < 4.78 is 27.8. The molecule has 0 saturated carbocycles. The SMILES string of the molecule is Cc1cc(NC(=O)CN2c3ccc(S(N)(=O)=O)cc3CC2C)no1. The number of benzene rings is 1. The predicted octanol–water partition coefficient (Wildman–Crippen LogP) is 1.02. The third kappa shape index (κ3) is 3.26. The van der Waals surface area contributed by atoms with Crippen LogP contribution < -0.4 is 15.4 Å². The molecule has 9 heteroatoms. The highest BCUT2D eigenvalue weighted by molar-refractivity contribution is 7.89. The van der Waals surface area contributed by atoms with Gasteiger partial charge in [0.2, 0.25) is 15.9 Å². The van der Waals surface area contributed by atoms with Gasteiger partial charge in [-0.15, -0.1) is 0 Å². The zero-order chi connectivity index (χ0) is 17.5. The molecule has 3 rings (SSSR count). The van der Waals surface area contributed by atoms with Gasteiger partial charge < -0.3 is 14.7 Å². The summed E-state index contributed by atoms with van der Waals surface area (Å²) in [7, 11) is -3.74. The zero-order valence-electron chi connectivity index (χ0n) is 13.3. The first-order valence-corrected chi connectivity index (χ1v) is 8.94. The van der Waals surface area contributed by atoms with E-state index in [1.54, 1.807) is 25.1 Å². The molecule has 1 aromatic heterocycles. The number of hydrogen-bond donors (Lipinski definition) is 2. The number of fused-ring (bicyclic) bond motifs is 1. The van der Waals surface area contributed by atoms with Crippen molar-refractivity contribution < 1.29 is 17.7 Å². The Hall–Kier alpha value is -2.39. The van der Waals surface area contributed by atoms with Gasteiger partial charge in [0.15, 0.2) is 5.82 Å². The van der Waals surface area contributed by atoms with Crippen molar-refractivity contribution >= 4 is 27.4 Å². The zero-order valence-corrected chi connectivity index (χ0v) is 14.1. The molecule has 1 aliphatic heterocycles. The first-order chi connectivity index (χ1) is 11.2. The second-order valence-corrected chi connectivity index (χ2v) is 7.45. The van der Waals surface area contributed by atoms with Gasteiger partial charge in [0.05, 0.1) is 11.4 Å². The molecule has 2 aromatic rings. The lowest BCUT2D eigenvalue weighted by atomic mass is 10.1. The van der Waals surface area contributed by atoms with Crippen molar-refractivity contribution in [2.75, 3.05) is 16.8 Å². The number of nitrogens with zero attached hydrogens (tertiary/aromatic N) is 2. The monoisotopic (exact) mass is 350 g/mol. The molecule has 0 aliphatic carbocycles. The lowest BCUT2D eigenvalue weighted by Gasteiger charge is -2.23. The van der Waals surface area contributed by atoms with E-state index in [0.29, 0.717) is 18.0 Å². The van der Waals surface area contributed by atoms with Crippen molar-refractivity contribution in [3.8, 4) is 0 Å². The number of hydrogen-bond acceptors (Lipinski definition) is 6. The van der Waals surface area contributed by atoms with Crippen LogP contribution in [0.25, 0.3) is 0 Å². The number of rotatable bonds is 4. The Bertz CT molecular complexity index is 891. The molecule has 0 bridgehead atoms. The first-order valence-electron chi connectivity index (χ1n) is 7.39. The van der Waals surface area contributed by atoms with Gasteiger partial charge in [-0.3, -0.25) is 4.79 Å². The molecule has 8 nitrogen and oxygen atoms in total. The number of nitrogens with two attached hydrogens (primary N) is 1. The van der Waals surface area contributed by atoms with Gasteiger partial charge >= 0.3 is 0 Å². The Kier molecular flexibility index (Phi) is 4.06. The summed E-state index contributed by atoms with van der Waals surface area (Å²) in [5.74, 6) is 0.758. The van der Waals surface area contributed by atoms with E-state index >= 15 is 0 Å². The molecule has 0 radical (unpaired) electrons. The Morgan fingerprint density at radius 2 is 2.21 bits per heavy atom. The van der Waals surface area contributed by atoms with E-state index < -0.39 is 10.0 Å². The predicted molar refractivity (Wildman–Crippen MR) is 88.2 cm³/mol. The maximum absolute atomic E-state index is 12.2. The van der Waals surface area contributed by atoms with Crippen molar-refractivity contribution in [3.05, 3.63) is 35.6 Å². The van der Waals surface area contributed by atoms with Gasteiger partial charge in [0, 0.05) is 17.8 Å². The number of anilines is 2. The average molecular weight is 350 g/mol. The number of carbonyl (C=O) groups is 1. The quantitative estimate of drug-likeness (QED) is 0.850. The highest BCUT2D eigenvalue weighted by atomic mass is 32.2. The summed E-state index contributed by atoms with van der Waals surface area (Å²) in [6.45, 7) is 3.85. The summed E-state index contributed by atoms with van der Waals surface area (Å²) in [6.07, 6.45) is 0.648. The molecule has 24 heavy (non-hydrogen) atoms. The van der Waals surface area contributed by atoms with Gasteiger partial charge in [-0.1, -0.05) is 5.16 Å². The van der Waals surface area contributed by atoms with Crippen LogP contribution in [0.1, 0.15) is 18.2 Å². The largest absolute Gasteiger partial charge is 0.360 e. The third-order valence-electron chi connectivity index (χ3n) is 3.95. The Balaban J connectivity index is 1.77. The van der Waals surface area contributed by atoms with Crippen LogP contribution in [0, 0.1) is 6.92 Å². The van der Waals surface area contributed by atoms with Crippen LogP contribution in [0.4, 0.5) is 11.5 Å². The number of carbonyl (C=O) groups excluding carboxylic acids is 1. The fraction of sp³-hybridized carbons (Fsp3) is 0.333. The molecule has 3 N–H and O–H groups in total. The highest BCUT2D eigenvalue weighted by Crippen LogP contribution is 2.33. The molecular formula is C15H18N4O4S.